The number of methoxy groups -OCH3 is 1. The fourth-order valence-electron chi connectivity index (χ4n) is 3.38. The number of nitrogens with one attached hydrogen (secondary N) is 2. The zero-order chi connectivity index (χ0) is 18.2. The molecule has 2 aromatic rings. The zero-order valence-electron chi connectivity index (χ0n) is 16.7. The molecule has 0 aliphatic carbocycles. The van der Waals surface area contributed by atoms with Gasteiger partial charge in [-0.05, 0) is 74.1 Å². The van der Waals surface area contributed by atoms with Gasteiger partial charge >= 0.3 is 0 Å². The van der Waals surface area contributed by atoms with Crippen LogP contribution >= 0.6 is 24.8 Å². The van der Waals surface area contributed by atoms with Crippen LogP contribution in [-0.4, -0.2) is 26.7 Å². The molecule has 1 heterocycles. The van der Waals surface area contributed by atoms with Crippen LogP contribution in [0.3, 0.4) is 0 Å². The fourth-order valence-corrected chi connectivity index (χ4v) is 3.38. The van der Waals surface area contributed by atoms with Gasteiger partial charge in [0, 0.05) is 6.54 Å². The zero-order valence-corrected chi connectivity index (χ0v) is 18.3. The Balaban J connectivity index is 0.00000196. The van der Waals surface area contributed by atoms with E-state index in [1.807, 2.05) is 18.2 Å². The summed E-state index contributed by atoms with van der Waals surface area (Å²) in [6.45, 7) is 6.89. The Bertz CT molecular complexity index is 707. The van der Waals surface area contributed by atoms with Crippen molar-refractivity contribution in [3.8, 4) is 11.5 Å². The topological polar surface area (TPSA) is 42.5 Å². The molecule has 2 N–H and O–H groups in total. The Morgan fingerprint density at radius 1 is 1.04 bits per heavy atom. The highest BCUT2D eigenvalue weighted by atomic mass is 35.5. The monoisotopic (exact) mass is 426 g/mol. The number of aryl methyl sites for hydroxylation is 1. The quantitative estimate of drug-likeness (QED) is 0.651. The number of benzene rings is 2. The van der Waals surface area contributed by atoms with Gasteiger partial charge in [-0.2, -0.15) is 0 Å². The standard InChI is InChI=1S/C22H30N2O2.2ClH/c1-17-5-3-4-6-20(17)16-26-21-8-7-19(13-22(21)25-2)15-24-14-18-9-11-23-12-10-18;;/h3-8,13,18,23-24H,9-12,14-16H2,1-2H3;2*1H. The molecule has 0 unspecified atom stereocenters. The van der Waals surface area contributed by atoms with E-state index in [-0.39, 0.29) is 24.8 Å². The minimum Gasteiger partial charge on any atom is -0.493 e. The number of hydrogen-bond acceptors (Lipinski definition) is 4. The number of ether oxygens (including phenoxy) is 2. The van der Waals surface area contributed by atoms with E-state index in [0.717, 1.165) is 43.6 Å². The molecule has 156 valence electrons. The third-order valence-electron chi connectivity index (χ3n) is 5.09. The second-order valence-corrected chi connectivity index (χ2v) is 7.02. The van der Waals surface area contributed by atoms with E-state index in [0.29, 0.717) is 6.61 Å². The molecule has 0 bridgehead atoms. The molecule has 1 aliphatic heterocycles. The molecule has 3 rings (SSSR count). The van der Waals surface area contributed by atoms with Gasteiger partial charge in [-0.3, -0.25) is 0 Å². The SMILES string of the molecule is COc1cc(CNCC2CCNCC2)ccc1OCc1ccccc1C.Cl.Cl. The molecule has 0 aromatic heterocycles. The molecular formula is C22H32Cl2N2O2. The van der Waals surface area contributed by atoms with Crippen LogP contribution in [0.5, 0.6) is 11.5 Å². The van der Waals surface area contributed by atoms with Crippen LogP contribution in [0.25, 0.3) is 0 Å². The van der Waals surface area contributed by atoms with Gasteiger partial charge in [0.05, 0.1) is 7.11 Å². The van der Waals surface area contributed by atoms with E-state index in [9.17, 15) is 0 Å². The maximum absolute atomic E-state index is 6.00. The average molecular weight is 427 g/mol. The van der Waals surface area contributed by atoms with Crippen molar-refractivity contribution in [2.24, 2.45) is 5.92 Å². The van der Waals surface area contributed by atoms with E-state index in [1.54, 1.807) is 7.11 Å². The van der Waals surface area contributed by atoms with Crippen molar-refractivity contribution in [1.82, 2.24) is 10.6 Å². The largest absolute Gasteiger partial charge is 0.493 e. The minimum absolute atomic E-state index is 0. The van der Waals surface area contributed by atoms with Gasteiger partial charge in [0.15, 0.2) is 11.5 Å². The smallest absolute Gasteiger partial charge is 0.161 e. The summed E-state index contributed by atoms with van der Waals surface area (Å²) in [6, 6.07) is 14.5. The molecule has 4 nitrogen and oxygen atoms in total. The molecule has 28 heavy (non-hydrogen) atoms. The second kappa shape index (κ2) is 12.9. The molecule has 0 atom stereocenters. The summed E-state index contributed by atoms with van der Waals surface area (Å²) in [4.78, 5) is 0. The molecule has 2 aromatic carbocycles. The maximum Gasteiger partial charge on any atom is 0.161 e. The van der Waals surface area contributed by atoms with E-state index in [1.165, 1.54) is 29.5 Å². The fraction of sp³-hybridized carbons (Fsp3) is 0.455. The number of piperidine rings is 1. The van der Waals surface area contributed by atoms with Gasteiger partial charge in [0.2, 0.25) is 0 Å². The van der Waals surface area contributed by atoms with Gasteiger partial charge in [-0.15, -0.1) is 24.8 Å². The summed E-state index contributed by atoms with van der Waals surface area (Å²) >= 11 is 0. The lowest BCUT2D eigenvalue weighted by atomic mass is 9.98. The Labute approximate surface area is 181 Å². The highest BCUT2D eigenvalue weighted by molar-refractivity contribution is 5.85. The summed E-state index contributed by atoms with van der Waals surface area (Å²) in [5.41, 5.74) is 3.66. The molecule has 0 amide bonds. The Kier molecular flexibility index (Phi) is 11.3. The highest BCUT2D eigenvalue weighted by Crippen LogP contribution is 2.29. The second-order valence-electron chi connectivity index (χ2n) is 7.02. The maximum atomic E-state index is 6.00. The van der Waals surface area contributed by atoms with Crippen LogP contribution in [0.15, 0.2) is 42.5 Å². The number of rotatable bonds is 8. The summed E-state index contributed by atoms with van der Waals surface area (Å²) < 4.78 is 11.5. The van der Waals surface area contributed by atoms with E-state index >= 15 is 0 Å². The normalized spacial score (nSPS) is 13.9. The van der Waals surface area contributed by atoms with Gasteiger partial charge in [-0.25, -0.2) is 0 Å². The molecule has 1 saturated heterocycles. The van der Waals surface area contributed by atoms with Crippen molar-refractivity contribution in [1.29, 1.82) is 0 Å². The predicted octanol–water partition coefficient (Wildman–Crippen LogP) is 4.52. The Hall–Kier alpha value is -1.46. The van der Waals surface area contributed by atoms with Crippen LogP contribution < -0.4 is 20.1 Å². The molecule has 6 heteroatoms. The summed E-state index contributed by atoms with van der Waals surface area (Å²) in [5, 5.41) is 7.00. The summed E-state index contributed by atoms with van der Waals surface area (Å²) in [7, 11) is 1.70. The Morgan fingerprint density at radius 3 is 2.50 bits per heavy atom. The summed E-state index contributed by atoms with van der Waals surface area (Å²) in [6.07, 6.45) is 2.53. The van der Waals surface area contributed by atoms with Crippen LogP contribution in [0.2, 0.25) is 0 Å². The van der Waals surface area contributed by atoms with Gasteiger partial charge in [-0.1, -0.05) is 30.3 Å². The molecule has 0 spiro atoms. The van der Waals surface area contributed by atoms with Crippen LogP contribution in [0, 0.1) is 12.8 Å². The van der Waals surface area contributed by atoms with Crippen molar-refractivity contribution in [3.63, 3.8) is 0 Å². The number of hydrogen-bond donors (Lipinski definition) is 2. The molecular weight excluding hydrogens is 395 g/mol. The van der Waals surface area contributed by atoms with Crippen molar-refractivity contribution < 1.29 is 9.47 Å². The van der Waals surface area contributed by atoms with Crippen molar-refractivity contribution in [2.45, 2.75) is 32.9 Å². The van der Waals surface area contributed by atoms with E-state index in [2.05, 4.69) is 41.8 Å². The lowest BCUT2D eigenvalue weighted by Crippen LogP contribution is -2.33. The first-order chi connectivity index (χ1) is 12.8. The van der Waals surface area contributed by atoms with E-state index in [4.69, 9.17) is 9.47 Å². The first-order valence-electron chi connectivity index (χ1n) is 9.52. The Morgan fingerprint density at radius 2 is 1.79 bits per heavy atom. The van der Waals surface area contributed by atoms with Crippen molar-refractivity contribution in [3.05, 3.63) is 59.2 Å². The third-order valence-corrected chi connectivity index (χ3v) is 5.09. The van der Waals surface area contributed by atoms with Crippen molar-refractivity contribution >= 4 is 24.8 Å². The van der Waals surface area contributed by atoms with Gasteiger partial charge in [0.25, 0.3) is 0 Å². The molecule has 1 aliphatic rings. The van der Waals surface area contributed by atoms with Crippen LogP contribution in [0.1, 0.15) is 29.5 Å². The van der Waals surface area contributed by atoms with Gasteiger partial charge < -0.3 is 20.1 Å². The lowest BCUT2D eigenvalue weighted by Gasteiger charge is -2.23. The van der Waals surface area contributed by atoms with Crippen molar-refractivity contribution in [2.75, 3.05) is 26.7 Å². The minimum atomic E-state index is 0. The average Bonchev–Trinajstić information content (AvgIpc) is 2.68. The predicted molar refractivity (Wildman–Crippen MR) is 120 cm³/mol. The molecule has 0 radical (unpaired) electrons. The molecule has 0 saturated carbocycles. The van der Waals surface area contributed by atoms with Crippen LogP contribution in [-0.2, 0) is 13.2 Å². The van der Waals surface area contributed by atoms with Gasteiger partial charge in [0.1, 0.15) is 6.61 Å². The summed E-state index contributed by atoms with van der Waals surface area (Å²) in [5.74, 6) is 2.37. The highest BCUT2D eigenvalue weighted by Gasteiger charge is 2.12. The third kappa shape index (κ3) is 7.17. The van der Waals surface area contributed by atoms with E-state index < -0.39 is 0 Å². The van der Waals surface area contributed by atoms with Crippen LogP contribution in [0.4, 0.5) is 0 Å². The lowest BCUT2D eigenvalue weighted by molar-refractivity contribution is 0.283. The first kappa shape index (κ1) is 24.6. The number of halogens is 2. The molecule has 1 fully saturated rings. The first-order valence-corrected chi connectivity index (χ1v) is 9.52.